The molecule has 92 valence electrons. The van der Waals surface area contributed by atoms with Crippen LogP contribution in [-0.4, -0.2) is 22.4 Å². The van der Waals surface area contributed by atoms with Gasteiger partial charge in [-0.25, -0.2) is 4.98 Å². The highest BCUT2D eigenvalue weighted by atomic mass is 79.9. The molecule has 1 aromatic rings. The van der Waals surface area contributed by atoms with Gasteiger partial charge in [-0.05, 0) is 60.2 Å². The van der Waals surface area contributed by atoms with Gasteiger partial charge >= 0.3 is 0 Å². The topological polar surface area (TPSA) is 16.1 Å². The minimum absolute atomic E-state index is 0.361. The Labute approximate surface area is 115 Å². The molecule has 1 aromatic heterocycles. The Bertz CT molecular complexity index is 423. The average Bonchev–Trinajstić information content (AvgIpc) is 2.53. The van der Waals surface area contributed by atoms with Crippen molar-refractivity contribution in [3.63, 3.8) is 0 Å². The number of rotatable bonds is 1. The van der Waals surface area contributed by atoms with Crippen LogP contribution in [0.2, 0.25) is 0 Å². The molecule has 2 saturated heterocycles. The van der Waals surface area contributed by atoms with Crippen LogP contribution >= 0.6 is 27.5 Å². The summed E-state index contributed by atoms with van der Waals surface area (Å²) in [6.45, 7) is 2.14. The smallest absolute Gasteiger partial charge is 0.132 e. The Morgan fingerprint density at radius 3 is 2.59 bits per heavy atom. The minimum Gasteiger partial charge on any atom is -0.350 e. The van der Waals surface area contributed by atoms with E-state index in [1.165, 1.54) is 18.4 Å². The van der Waals surface area contributed by atoms with Crippen molar-refractivity contribution in [3.8, 4) is 0 Å². The standard InChI is InChI=1S/C13H16BrClN2/c1-8-4-9(14)7-16-13(8)17-11-2-3-12(17)6-10(15)5-11/h4,7,10-12H,2-3,5-6H2,1H3. The lowest BCUT2D eigenvalue weighted by atomic mass is 10.0. The van der Waals surface area contributed by atoms with Crippen LogP contribution in [0.4, 0.5) is 5.82 Å². The Morgan fingerprint density at radius 2 is 2.00 bits per heavy atom. The van der Waals surface area contributed by atoms with Crippen molar-refractivity contribution in [1.82, 2.24) is 4.98 Å². The van der Waals surface area contributed by atoms with Gasteiger partial charge in [0, 0.05) is 28.1 Å². The van der Waals surface area contributed by atoms with Crippen molar-refractivity contribution in [3.05, 3.63) is 22.3 Å². The van der Waals surface area contributed by atoms with Gasteiger partial charge in [0.1, 0.15) is 5.82 Å². The quantitative estimate of drug-likeness (QED) is 0.731. The first-order valence-corrected chi connectivity index (χ1v) is 7.42. The van der Waals surface area contributed by atoms with Crippen molar-refractivity contribution >= 4 is 33.3 Å². The monoisotopic (exact) mass is 314 g/mol. The average molecular weight is 316 g/mol. The number of hydrogen-bond acceptors (Lipinski definition) is 2. The zero-order chi connectivity index (χ0) is 12.0. The molecule has 2 aliphatic rings. The number of aromatic nitrogens is 1. The van der Waals surface area contributed by atoms with Crippen LogP contribution in [0.1, 0.15) is 31.2 Å². The zero-order valence-corrected chi connectivity index (χ0v) is 12.2. The molecule has 0 saturated carbocycles. The van der Waals surface area contributed by atoms with Gasteiger partial charge < -0.3 is 4.90 Å². The van der Waals surface area contributed by atoms with Crippen molar-refractivity contribution in [1.29, 1.82) is 0 Å². The molecular weight excluding hydrogens is 300 g/mol. The number of pyridine rings is 1. The van der Waals surface area contributed by atoms with E-state index in [0.717, 1.165) is 23.1 Å². The SMILES string of the molecule is Cc1cc(Br)cnc1N1C2CCC1CC(Cl)C2. The van der Waals surface area contributed by atoms with Crippen molar-refractivity contribution in [2.45, 2.75) is 50.1 Å². The Hall–Kier alpha value is -0.280. The highest BCUT2D eigenvalue weighted by molar-refractivity contribution is 9.10. The van der Waals surface area contributed by atoms with E-state index >= 15 is 0 Å². The summed E-state index contributed by atoms with van der Waals surface area (Å²) in [5, 5.41) is 0.361. The number of nitrogens with zero attached hydrogens (tertiary/aromatic N) is 2. The van der Waals surface area contributed by atoms with E-state index in [4.69, 9.17) is 11.6 Å². The van der Waals surface area contributed by atoms with Gasteiger partial charge in [0.15, 0.2) is 0 Å². The number of alkyl halides is 1. The van der Waals surface area contributed by atoms with E-state index in [1.54, 1.807) is 0 Å². The first kappa shape index (κ1) is 11.8. The summed E-state index contributed by atoms with van der Waals surface area (Å²) in [6, 6.07) is 3.35. The third-order valence-corrected chi connectivity index (χ3v) is 4.73. The number of halogens is 2. The molecule has 0 aliphatic carbocycles. The van der Waals surface area contributed by atoms with Crippen LogP contribution in [0.5, 0.6) is 0 Å². The van der Waals surface area contributed by atoms with E-state index in [1.807, 2.05) is 6.20 Å². The maximum atomic E-state index is 6.31. The summed E-state index contributed by atoms with van der Waals surface area (Å²) >= 11 is 9.78. The molecule has 2 aliphatic heterocycles. The molecule has 4 heteroatoms. The fraction of sp³-hybridized carbons (Fsp3) is 0.615. The van der Waals surface area contributed by atoms with Crippen LogP contribution in [0.3, 0.4) is 0 Å². The number of fused-ring (bicyclic) bond motifs is 2. The van der Waals surface area contributed by atoms with Crippen LogP contribution in [0, 0.1) is 6.92 Å². The van der Waals surface area contributed by atoms with Gasteiger partial charge in [-0.1, -0.05) is 0 Å². The van der Waals surface area contributed by atoms with E-state index in [0.29, 0.717) is 17.5 Å². The lowest BCUT2D eigenvalue weighted by Gasteiger charge is -2.38. The summed E-state index contributed by atoms with van der Waals surface area (Å²) in [5.41, 5.74) is 1.25. The maximum Gasteiger partial charge on any atom is 0.132 e. The molecule has 17 heavy (non-hydrogen) atoms. The molecule has 0 amide bonds. The van der Waals surface area contributed by atoms with E-state index in [9.17, 15) is 0 Å². The molecule has 0 N–H and O–H groups in total. The predicted molar refractivity (Wildman–Crippen MR) is 74.8 cm³/mol. The maximum absolute atomic E-state index is 6.31. The van der Waals surface area contributed by atoms with Gasteiger partial charge in [-0.15, -0.1) is 11.6 Å². The summed E-state index contributed by atoms with van der Waals surface area (Å²) in [7, 11) is 0. The van der Waals surface area contributed by atoms with Crippen molar-refractivity contribution < 1.29 is 0 Å². The second-order valence-electron chi connectivity index (χ2n) is 5.15. The van der Waals surface area contributed by atoms with Crippen molar-refractivity contribution in [2.24, 2.45) is 0 Å². The number of aryl methyl sites for hydroxylation is 1. The van der Waals surface area contributed by atoms with Crippen LogP contribution in [0.25, 0.3) is 0 Å². The number of piperidine rings is 1. The van der Waals surface area contributed by atoms with Gasteiger partial charge in [-0.3, -0.25) is 0 Å². The summed E-state index contributed by atoms with van der Waals surface area (Å²) in [4.78, 5) is 7.12. The molecule has 3 heterocycles. The van der Waals surface area contributed by atoms with Gasteiger partial charge in [0.05, 0.1) is 0 Å². The molecule has 2 nitrogen and oxygen atoms in total. The van der Waals surface area contributed by atoms with Gasteiger partial charge in [0.25, 0.3) is 0 Å². The fourth-order valence-electron chi connectivity index (χ4n) is 3.26. The van der Waals surface area contributed by atoms with E-state index < -0.39 is 0 Å². The van der Waals surface area contributed by atoms with Gasteiger partial charge in [-0.2, -0.15) is 0 Å². The molecule has 2 unspecified atom stereocenters. The summed E-state index contributed by atoms with van der Waals surface area (Å²) in [5.74, 6) is 1.16. The minimum atomic E-state index is 0.361. The third kappa shape index (κ3) is 2.08. The molecule has 3 rings (SSSR count). The predicted octanol–water partition coefficient (Wildman–Crippen LogP) is 3.89. The largest absolute Gasteiger partial charge is 0.350 e. The Balaban J connectivity index is 1.94. The number of hydrogen-bond donors (Lipinski definition) is 0. The number of anilines is 1. The second-order valence-corrected chi connectivity index (χ2v) is 6.69. The highest BCUT2D eigenvalue weighted by Gasteiger charge is 2.41. The first-order chi connectivity index (χ1) is 8.15. The van der Waals surface area contributed by atoms with Gasteiger partial charge in [0.2, 0.25) is 0 Å². The molecule has 2 bridgehead atoms. The van der Waals surface area contributed by atoms with E-state index in [-0.39, 0.29) is 0 Å². The lowest BCUT2D eigenvalue weighted by Crippen LogP contribution is -2.44. The third-order valence-electron chi connectivity index (χ3n) is 3.94. The highest BCUT2D eigenvalue weighted by Crippen LogP contribution is 2.41. The van der Waals surface area contributed by atoms with Crippen molar-refractivity contribution in [2.75, 3.05) is 4.90 Å². The first-order valence-electron chi connectivity index (χ1n) is 6.19. The van der Waals surface area contributed by atoms with Crippen LogP contribution in [0.15, 0.2) is 16.7 Å². The lowest BCUT2D eigenvalue weighted by molar-refractivity contribution is 0.470. The fourth-order valence-corrected chi connectivity index (χ4v) is 4.12. The molecule has 0 radical (unpaired) electrons. The summed E-state index contributed by atoms with van der Waals surface area (Å²) in [6.07, 6.45) is 6.65. The Kier molecular flexibility index (Phi) is 3.07. The normalized spacial score (nSPS) is 31.9. The molecule has 2 atom stereocenters. The van der Waals surface area contributed by atoms with Crippen LogP contribution < -0.4 is 4.90 Å². The second kappa shape index (κ2) is 4.43. The van der Waals surface area contributed by atoms with Crippen LogP contribution in [-0.2, 0) is 0 Å². The molecular formula is C13H16BrClN2. The summed E-state index contributed by atoms with van der Waals surface area (Å²) < 4.78 is 1.05. The molecule has 0 aromatic carbocycles. The van der Waals surface area contributed by atoms with E-state index in [2.05, 4.69) is 38.8 Å². The molecule has 0 spiro atoms. The zero-order valence-electron chi connectivity index (χ0n) is 9.87. The molecule has 2 fully saturated rings. The Morgan fingerprint density at radius 1 is 1.35 bits per heavy atom.